The molecule has 4 aromatic rings. The van der Waals surface area contributed by atoms with E-state index in [2.05, 4.69) is 31.4 Å². The van der Waals surface area contributed by atoms with Crippen LogP contribution in [-0.2, 0) is 13.6 Å². The molecule has 0 amide bonds. The Balaban J connectivity index is 1.22. The molecule has 1 aliphatic carbocycles. The molecule has 0 aromatic carbocycles. The van der Waals surface area contributed by atoms with Crippen molar-refractivity contribution < 1.29 is 4.74 Å². The van der Waals surface area contributed by atoms with Gasteiger partial charge < -0.3 is 10.1 Å². The predicted molar refractivity (Wildman–Crippen MR) is 118 cm³/mol. The van der Waals surface area contributed by atoms with Crippen molar-refractivity contribution in [2.45, 2.75) is 25.8 Å². The maximum atomic E-state index is 6.31. The Kier molecular flexibility index (Phi) is 5.15. The van der Waals surface area contributed by atoms with Gasteiger partial charge in [0.15, 0.2) is 0 Å². The summed E-state index contributed by atoms with van der Waals surface area (Å²) in [5, 5.41) is 7.85. The van der Waals surface area contributed by atoms with Gasteiger partial charge >= 0.3 is 6.01 Å². The summed E-state index contributed by atoms with van der Waals surface area (Å²) < 4.78 is 7.66. The van der Waals surface area contributed by atoms with E-state index in [1.54, 1.807) is 10.9 Å². The molecule has 31 heavy (non-hydrogen) atoms. The molecule has 2 atom stereocenters. The van der Waals surface area contributed by atoms with Gasteiger partial charge in [0, 0.05) is 54.6 Å². The van der Waals surface area contributed by atoms with Gasteiger partial charge in [-0.1, -0.05) is 11.6 Å². The topological polar surface area (TPSA) is 90.6 Å². The van der Waals surface area contributed by atoms with Crippen LogP contribution in [-0.4, -0.2) is 36.3 Å². The van der Waals surface area contributed by atoms with Crippen molar-refractivity contribution >= 4 is 28.5 Å². The van der Waals surface area contributed by atoms with Gasteiger partial charge in [-0.15, -0.1) is 0 Å². The van der Waals surface area contributed by atoms with Gasteiger partial charge in [-0.25, -0.2) is 0 Å². The Bertz CT molecular complexity index is 1240. The smallest absolute Gasteiger partial charge is 0.319 e. The lowest BCUT2D eigenvalue weighted by Gasteiger charge is -2.11. The highest BCUT2D eigenvalue weighted by molar-refractivity contribution is 6.30. The second-order valence-electron chi connectivity index (χ2n) is 7.84. The van der Waals surface area contributed by atoms with Crippen molar-refractivity contribution in [2.24, 2.45) is 13.0 Å². The zero-order chi connectivity index (χ0) is 21.4. The average Bonchev–Trinajstić information content (AvgIpc) is 3.44. The lowest BCUT2D eigenvalue weighted by Crippen LogP contribution is -2.09. The number of aryl methyl sites for hydroxylation is 1. The standard InChI is InChI=1S/C22H22ClN7O/c1-13-20(23)28-22(29-21(13)25-9-14-10-26-30(2)11-14)31-12-15-8-16(15)17-5-6-18-19(27-17)4-3-7-24-18/h3-7,10-11,15-16H,8-9,12H2,1-2H3,(H,25,28,29)/t15-,16+/m0/s1. The molecule has 4 heterocycles. The summed E-state index contributed by atoms with van der Waals surface area (Å²) in [6.45, 7) is 3.00. The van der Waals surface area contributed by atoms with Gasteiger partial charge in [-0.3, -0.25) is 14.6 Å². The van der Waals surface area contributed by atoms with Crippen molar-refractivity contribution in [3.63, 3.8) is 0 Å². The van der Waals surface area contributed by atoms with Crippen molar-refractivity contribution in [3.8, 4) is 6.01 Å². The Morgan fingerprint density at radius 3 is 2.94 bits per heavy atom. The molecule has 0 spiro atoms. The van der Waals surface area contributed by atoms with Crippen molar-refractivity contribution in [1.29, 1.82) is 0 Å². The Labute approximate surface area is 184 Å². The molecule has 0 bridgehead atoms. The molecule has 1 aliphatic rings. The van der Waals surface area contributed by atoms with Crippen LogP contribution < -0.4 is 10.1 Å². The molecule has 0 saturated heterocycles. The van der Waals surface area contributed by atoms with Crippen LogP contribution in [0.3, 0.4) is 0 Å². The summed E-state index contributed by atoms with van der Waals surface area (Å²) in [7, 11) is 1.89. The Morgan fingerprint density at radius 2 is 2.10 bits per heavy atom. The normalized spacial score (nSPS) is 17.6. The molecular formula is C22H22ClN7O. The van der Waals surface area contributed by atoms with E-state index < -0.39 is 0 Å². The molecule has 8 nitrogen and oxygen atoms in total. The fourth-order valence-electron chi connectivity index (χ4n) is 3.61. The first-order valence-corrected chi connectivity index (χ1v) is 10.5. The number of nitrogens with zero attached hydrogens (tertiary/aromatic N) is 6. The van der Waals surface area contributed by atoms with Crippen molar-refractivity contribution in [1.82, 2.24) is 29.7 Å². The van der Waals surface area contributed by atoms with E-state index in [-0.39, 0.29) is 6.01 Å². The minimum Gasteiger partial charge on any atom is -0.463 e. The van der Waals surface area contributed by atoms with Crippen LogP contribution in [0.25, 0.3) is 11.0 Å². The zero-order valence-electron chi connectivity index (χ0n) is 17.3. The maximum Gasteiger partial charge on any atom is 0.319 e. The van der Waals surface area contributed by atoms with Gasteiger partial charge in [0.05, 0.1) is 23.8 Å². The molecule has 0 unspecified atom stereocenters. The second-order valence-corrected chi connectivity index (χ2v) is 8.20. The predicted octanol–water partition coefficient (Wildman–Crippen LogP) is 3.91. The highest BCUT2D eigenvalue weighted by atomic mass is 35.5. The SMILES string of the molecule is Cc1c(Cl)nc(OC[C@@H]2C[C@H]2c2ccc3ncccc3n2)nc1NCc1cnn(C)c1. The molecule has 1 fully saturated rings. The van der Waals surface area contributed by atoms with Gasteiger partial charge in [0.25, 0.3) is 0 Å². The number of rotatable bonds is 7. The third-order valence-electron chi connectivity index (χ3n) is 5.49. The molecule has 0 aliphatic heterocycles. The number of fused-ring (bicyclic) bond motifs is 1. The number of nitrogens with one attached hydrogen (secondary N) is 1. The number of halogens is 1. The summed E-state index contributed by atoms with van der Waals surface area (Å²) in [6, 6.07) is 8.26. The van der Waals surface area contributed by atoms with Crippen LogP contribution in [0.1, 0.15) is 29.2 Å². The van der Waals surface area contributed by atoms with E-state index in [1.807, 2.05) is 44.6 Å². The van der Waals surface area contributed by atoms with Crippen LogP contribution in [0.15, 0.2) is 42.9 Å². The minimum atomic E-state index is 0.283. The maximum absolute atomic E-state index is 6.31. The monoisotopic (exact) mass is 435 g/mol. The van der Waals surface area contributed by atoms with E-state index in [1.165, 1.54) is 0 Å². The van der Waals surface area contributed by atoms with Gasteiger partial charge in [-0.2, -0.15) is 15.1 Å². The molecule has 158 valence electrons. The summed E-state index contributed by atoms with van der Waals surface area (Å²) in [4.78, 5) is 17.9. The first-order chi connectivity index (χ1) is 15.1. The fraction of sp³-hybridized carbons (Fsp3) is 0.318. The summed E-state index contributed by atoms with van der Waals surface area (Å²) in [6.07, 6.45) is 6.58. The van der Waals surface area contributed by atoms with E-state index >= 15 is 0 Å². The van der Waals surface area contributed by atoms with Gasteiger partial charge in [0.1, 0.15) is 11.0 Å². The van der Waals surface area contributed by atoms with Crippen LogP contribution in [0.5, 0.6) is 6.01 Å². The van der Waals surface area contributed by atoms with E-state index in [0.29, 0.717) is 36.0 Å². The summed E-state index contributed by atoms with van der Waals surface area (Å²) in [5.41, 5.74) is 4.75. The van der Waals surface area contributed by atoms with E-state index in [0.717, 1.165) is 34.3 Å². The number of aromatic nitrogens is 6. The summed E-state index contributed by atoms with van der Waals surface area (Å²) in [5.74, 6) is 1.43. The molecule has 5 rings (SSSR count). The molecule has 9 heteroatoms. The van der Waals surface area contributed by atoms with Gasteiger partial charge in [0.2, 0.25) is 0 Å². The minimum absolute atomic E-state index is 0.283. The molecule has 0 radical (unpaired) electrons. The lowest BCUT2D eigenvalue weighted by molar-refractivity contribution is 0.274. The van der Waals surface area contributed by atoms with Crippen LogP contribution >= 0.6 is 11.6 Å². The van der Waals surface area contributed by atoms with Gasteiger partial charge in [-0.05, 0) is 37.6 Å². The molecular weight excluding hydrogens is 414 g/mol. The van der Waals surface area contributed by atoms with Crippen molar-refractivity contribution in [2.75, 3.05) is 11.9 Å². The highest BCUT2D eigenvalue weighted by Gasteiger charge is 2.40. The van der Waals surface area contributed by atoms with E-state index in [9.17, 15) is 0 Å². The first kappa shape index (κ1) is 19.7. The largest absolute Gasteiger partial charge is 0.463 e. The van der Waals surface area contributed by atoms with Crippen LogP contribution in [0, 0.1) is 12.8 Å². The quantitative estimate of drug-likeness (QED) is 0.440. The van der Waals surface area contributed by atoms with Crippen molar-refractivity contribution in [3.05, 3.63) is 64.8 Å². The third kappa shape index (κ3) is 4.29. The number of ether oxygens (including phenoxy) is 1. The number of hydrogen-bond donors (Lipinski definition) is 1. The number of hydrogen-bond acceptors (Lipinski definition) is 7. The zero-order valence-corrected chi connectivity index (χ0v) is 18.0. The average molecular weight is 436 g/mol. The molecule has 1 saturated carbocycles. The molecule has 4 aromatic heterocycles. The van der Waals surface area contributed by atoms with Crippen LogP contribution in [0.2, 0.25) is 5.15 Å². The number of anilines is 1. The molecule has 1 N–H and O–H groups in total. The Morgan fingerprint density at radius 1 is 1.19 bits per heavy atom. The first-order valence-electron chi connectivity index (χ1n) is 10.2. The van der Waals surface area contributed by atoms with E-state index in [4.69, 9.17) is 21.3 Å². The van der Waals surface area contributed by atoms with Crippen LogP contribution in [0.4, 0.5) is 5.82 Å². The third-order valence-corrected chi connectivity index (χ3v) is 5.86. The fourth-order valence-corrected chi connectivity index (χ4v) is 3.77. The highest BCUT2D eigenvalue weighted by Crippen LogP contribution is 2.47. The second kappa shape index (κ2) is 8.11. The summed E-state index contributed by atoms with van der Waals surface area (Å²) >= 11 is 6.31. The number of pyridine rings is 2. The Hall–Kier alpha value is -3.26. The lowest BCUT2D eigenvalue weighted by atomic mass is 10.2.